The molecule has 0 atom stereocenters. The zero-order valence-electron chi connectivity index (χ0n) is 22.4. The molecule has 0 aliphatic rings. The average Bonchev–Trinajstić information content (AvgIpc) is 2.76. The molecule has 184 valence electrons. The van der Waals surface area contributed by atoms with Crippen LogP contribution in [0, 0.1) is 0 Å². The number of hydrogen-bond acceptors (Lipinski definition) is 0. The maximum atomic E-state index is 2.30. The summed E-state index contributed by atoms with van der Waals surface area (Å²) in [7, 11) is 0. The zero-order chi connectivity index (χ0) is 22.4. The molecule has 0 rings (SSSR count). The lowest BCUT2D eigenvalue weighted by Crippen LogP contribution is -1.83. The van der Waals surface area contributed by atoms with Gasteiger partial charge in [0, 0.05) is 0 Å². The molecular weight excluding hydrogens is 360 g/mol. The summed E-state index contributed by atoms with van der Waals surface area (Å²) >= 11 is 0. The van der Waals surface area contributed by atoms with Gasteiger partial charge in [0.2, 0.25) is 0 Å². The first-order valence-electron chi connectivity index (χ1n) is 14.8. The van der Waals surface area contributed by atoms with Gasteiger partial charge < -0.3 is 0 Å². The lowest BCUT2D eigenvalue weighted by molar-refractivity contribution is 0.524. The zero-order valence-corrected chi connectivity index (χ0v) is 22.4. The van der Waals surface area contributed by atoms with Crippen LogP contribution in [0.4, 0.5) is 0 Å². The third kappa shape index (κ3) is 35.4. The Kier molecular flexibility index (Phi) is 36.1. The van der Waals surface area contributed by atoms with Crippen LogP contribution in [0.25, 0.3) is 0 Å². The van der Waals surface area contributed by atoms with Gasteiger partial charge in [0.15, 0.2) is 0 Å². The molecule has 0 aromatic rings. The Bertz CT molecular complexity index is 220. The van der Waals surface area contributed by atoms with Crippen LogP contribution in [-0.2, 0) is 0 Å². The predicted molar refractivity (Wildman–Crippen MR) is 143 cm³/mol. The molecule has 0 aromatic carbocycles. The monoisotopic (exact) mass is 425 g/mol. The van der Waals surface area contributed by atoms with Gasteiger partial charge in [0.25, 0.3) is 0 Å². The smallest absolute Gasteiger partial charge is 0.0533 e. The summed E-state index contributed by atoms with van der Waals surface area (Å²) in [4.78, 5) is 0. The summed E-state index contributed by atoms with van der Waals surface area (Å²) in [6, 6.07) is 0. The molecule has 0 amide bonds. The average molecular weight is 425 g/mol. The topological polar surface area (TPSA) is 0 Å². The highest BCUT2D eigenvalue weighted by Gasteiger charge is 1.94. The largest absolute Gasteiger partial charge is 0.0654 e. The summed E-state index contributed by atoms with van der Waals surface area (Å²) in [6.45, 7) is 9.12. The normalized spacial score (nSPS) is 10.8. The Labute approximate surface area is 194 Å². The molecule has 0 bridgehead atoms. The van der Waals surface area contributed by atoms with E-state index in [0.717, 1.165) is 0 Å². The van der Waals surface area contributed by atoms with Gasteiger partial charge >= 0.3 is 0 Å². The molecule has 0 heterocycles. The summed E-state index contributed by atoms with van der Waals surface area (Å²) in [5.41, 5.74) is 0. The van der Waals surface area contributed by atoms with Gasteiger partial charge in [-0.25, -0.2) is 0 Å². The molecule has 0 radical (unpaired) electrons. The molecule has 30 heavy (non-hydrogen) atoms. The molecule has 0 fully saturated rings. The van der Waals surface area contributed by atoms with Crippen LogP contribution in [0.3, 0.4) is 0 Å². The van der Waals surface area contributed by atoms with E-state index in [4.69, 9.17) is 0 Å². The van der Waals surface area contributed by atoms with Gasteiger partial charge in [-0.1, -0.05) is 195 Å². The van der Waals surface area contributed by atoms with Crippen molar-refractivity contribution in [1.29, 1.82) is 0 Å². The first-order valence-corrected chi connectivity index (χ1v) is 14.8. The summed E-state index contributed by atoms with van der Waals surface area (Å²) in [5, 5.41) is 0. The van der Waals surface area contributed by atoms with Crippen molar-refractivity contribution >= 4 is 0 Å². The van der Waals surface area contributed by atoms with Gasteiger partial charge in [0.05, 0.1) is 0 Å². The predicted octanol–water partition coefficient (Wildman–Crippen LogP) is 12.2. The fourth-order valence-corrected chi connectivity index (χ4v) is 4.18. The van der Waals surface area contributed by atoms with E-state index in [9.17, 15) is 0 Å². The molecule has 0 aromatic heterocycles. The van der Waals surface area contributed by atoms with Gasteiger partial charge in [-0.05, 0) is 0 Å². The van der Waals surface area contributed by atoms with Gasteiger partial charge in [0.1, 0.15) is 0 Å². The van der Waals surface area contributed by atoms with Crippen LogP contribution < -0.4 is 0 Å². The van der Waals surface area contributed by atoms with Crippen molar-refractivity contribution in [3.05, 3.63) is 0 Å². The van der Waals surface area contributed by atoms with Gasteiger partial charge in [-0.3, -0.25) is 0 Å². The minimum Gasteiger partial charge on any atom is -0.0654 e. The number of rotatable bonds is 24. The van der Waals surface area contributed by atoms with E-state index in [-0.39, 0.29) is 0 Å². The van der Waals surface area contributed by atoms with E-state index in [1.165, 1.54) is 167 Å². The SMILES string of the molecule is CCCCCCCCC.CCCCCCCCCCCCCCCCCCCCC. The Morgan fingerprint density at radius 2 is 0.267 bits per heavy atom. The molecular formula is C30H64. The van der Waals surface area contributed by atoms with Crippen molar-refractivity contribution in [2.75, 3.05) is 0 Å². The summed E-state index contributed by atoms with van der Waals surface area (Å²) in [6.07, 6.45) is 37.9. The maximum Gasteiger partial charge on any atom is -0.0533 e. The van der Waals surface area contributed by atoms with Crippen molar-refractivity contribution < 1.29 is 0 Å². The van der Waals surface area contributed by atoms with Crippen molar-refractivity contribution in [3.8, 4) is 0 Å². The molecule has 0 aliphatic heterocycles. The van der Waals surface area contributed by atoms with Crippen LogP contribution >= 0.6 is 0 Å². The molecule has 0 unspecified atom stereocenters. The highest BCUT2D eigenvalue weighted by Crippen LogP contribution is 2.14. The minimum atomic E-state index is 1.37. The van der Waals surface area contributed by atoms with Crippen molar-refractivity contribution in [3.63, 3.8) is 0 Å². The van der Waals surface area contributed by atoms with E-state index in [0.29, 0.717) is 0 Å². The van der Waals surface area contributed by atoms with Crippen LogP contribution in [-0.4, -0.2) is 0 Å². The van der Waals surface area contributed by atoms with Gasteiger partial charge in [-0.2, -0.15) is 0 Å². The fourth-order valence-electron chi connectivity index (χ4n) is 4.18. The Morgan fingerprint density at radius 1 is 0.167 bits per heavy atom. The fraction of sp³-hybridized carbons (Fsp3) is 1.00. The number of hydrogen-bond donors (Lipinski definition) is 0. The second kappa shape index (κ2) is 33.6. The second-order valence-corrected chi connectivity index (χ2v) is 9.78. The molecule has 0 saturated heterocycles. The third-order valence-electron chi connectivity index (χ3n) is 6.41. The van der Waals surface area contributed by atoms with Crippen LogP contribution in [0.1, 0.15) is 195 Å². The standard InChI is InChI=1S/C21H44.C9H20/c1-3-5-7-9-11-13-15-17-19-21-20-18-16-14-12-10-8-6-4-2;1-3-5-7-9-8-6-4-2/h3-21H2,1-2H3;3-9H2,1-2H3. The lowest BCUT2D eigenvalue weighted by Gasteiger charge is -2.03. The van der Waals surface area contributed by atoms with Crippen LogP contribution in [0.2, 0.25) is 0 Å². The summed E-state index contributed by atoms with van der Waals surface area (Å²) < 4.78 is 0. The van der Waals surface area contributed by atoms with E-state index in [1.54, 1.807) is 0 Å². The highest BCUT2D eigenvalue weighted by molar-refractivity contribution is 4.50. The molecule has 0 spiro atoms. The molecule has 0 N–H and O–H groups in total. The first-order chi connectivity index (χ1) is 14.8. The van der Waals surface area contributed by atoms with Crippen LogP contribution in [0.5, 0.6) is 0 Å². The van der Waals surface area contributed by atoms with Crippen molar-refractivity contribution in [2.45, 2.75) is 195 Å². The maximum absolute atomic E-state index is 2.30. The first kappa shape index (κ1) is 32.2. The molecule has 0 saturated carbocycles. The Hall–Kier alpha value is 0. The van der Waals surface area contributed by atoms with Crippen LogP contribution in [0.15, 0.2) is 0 Å². The van der Waals surface area contributed by atoms with Crippen molar-refractivity contribution in [1.82, 2.24) is 0 Å². The third-order valence-corrected chi connectivity index (χ3v) is 6.41. The molecule has 0 heteroatoms. The Morgan fingerprint density at radius 3 is 0.367 bits per heavy atom. The minimum absolute atomic E-state index is 1.37. The summed E-state index contributed by atoms with van der Waals surface area (Å²) in [5.74, 6) is 0. The van der Waals surface area contributed by atoms with Crippen molar-refractivity contribution in [2.24, 2.45) is 0 Å². The second-order valence-electron chi connectivity index (χ2n) is 9.78. The Balaban J connectivity index is 0. The molecule has 0 aliphatic carbocycles. The van der Waals surface area contributed by atoms with E-state index in [2.05, 4.69) is 27.7 Å². The van der Waals surface area contributed by atoms with E-state index < -0.39 is 0 Å². The molecule has 0 nitrogen and oxygen atoms in total. The number of unbranched alkanes of at least 4 members (excludes halogenated alkanes) is 24. The quantitative estimate of drug-likeness (QED) is 0.135. The van der Waals surface area contributed by atoms with Gasteiger partial charge in [-0.15, -0.1) is 0 Å². The lowest BCUT2D eigenvalue weighted by atomic mass is 10.0. The highest BCUT2D eigenvalue weighted by atomic mass is 14.0. The van der Waals surface area contributed by atoms with E-state index >= 15 is 0 Å². The van der Waals surface area contributed by atoms with E-state index in [1.807, 2.05) is 0 Å².